The minimum Gasteiger partial charge on any atom is -0.389 e. The van der Waals surface area contributed by atoms with Gasteiger partial charge in [0.2, 0.25) is 0 Å². The minimum absolute atomic E-state index is 0.117. The molecular weight excluding hydrogens is 136 g/mol. The molecule has 0 aromatic carbocycles. The van der Waals surface area contributed by atoms with Gasteiger partial charge in [-0.1, -0.05) is 0 Å². The van der Waals surface area contributed by atoms with Crippen LogP contribution in [0.3, 0.4) is 0 Å². The Balaban J connectivity index is 1.95. The van der Waals surface area contributed by atoms with Crippen molar-refractivity contribution in [3.63, 3.8) is 0 Å². The maximum atomic E-state index is 10.4. The molecule has 6 atom stereocenters. The van der Waals surface area contributed by atoms with Crippen LogP contribution < -0.4 is 0 Å². The molecule has 0 aromatic rings. The van der Waals surface area contributed by atoms with Crippen LogP contribution in [0.15, 0.2) is 0 Å². The fraction of sp³-hybridized carbons (Fsp3) is 1.00. The Morgan fingerprint density at radius 1 is 1.00 bits per heavy atom. The van der Waals surface area contributed by atoms with E-state index in [1.165, 1.54) is 25.7 Å². The van der Waals surface area contributed by atoms with Crippen LogP contribution in [0.4, 0.5) is 0 Å². The van der Waals surface area contributed by atoms with Gasteiger partial charge in [0.05, 0.1) is 5.60 Å². The highest BCUT2D eigenvalue weighted by atomic mass is 16.3. The first-order chi connectivity index (χ1) is 5.32. The summed E-state index contributed by atoms with van der Waals surface area (Å²) in [5.74, 6) is 4.14. The van der Waals surface area contributed by atoms with Gasteiger partial charge in [-0.3, -0.25) is 0 Å². The van der Waals surface area contributed by atoms with Gasteiger partial charge >= 0.3 is 0 Å². The van der Waals surface area contributed by atoms with E-state index in [4.69, 9.17) is 0 Å². The van der Waals surface area contributed by atoms with Gasteiger partial charge in [-0.2, -0.15) is 0 Å². The zero-order chi connectivity index (χ0) is 7.22. The van der Waals surface area contributed by atoms with Crippen LogP contribution in [0, 0.1) is 29.6 Å². The third kappa shape index (κ3) is 0.342. The molecule has 0 saturated heterocycles. The van der Waals surface area contributed by atoms with Crippen LogP contribution in [-0.2, 0) is 0 Å². The fourth-order valence-electron chi connectivity index (χ4n) is 5.11. The highest BCUT2D eigenvalue weighted by Gasteiger charge is 2.76. The first kappa shape index (κ1) is 5.58. The number of hydrogen-bond acceptors (Lipinski definition) is 1. The lowest BCUT2D eigenvalue weighted by Crippen LogP contribution is -2.61. The quantitative estimate of drug-likeness (QED) is 0.553. The molecule has 2 bridgehead atoms. The van der Waals surface area contributed by atoms with Crippen LogP contribution in [0.2, 0.25) is 0 Å². The van der Waals surface area contributed by atoms with Crippen molar-refractivity contribution in [2.75, 3.05) is 0 Å². The summed E-state index contributed by atoms with van der Waals surface area (Å²) in [4.78, 5) is 0. The Bertz CT molecular complexity index is 227. The van der Waals surface area contributed by atoms with Gasteiger partial charge in [-0.15, -0.1) is 0 Å². The van der Waals surface area contributed by atoms with E-state index in [9.17, 15) is 5.11 Å². The molecule has 0 spiro atoms. The van der Waals surface area contributed by atoms with E-state index in [0.717, 1.165) is 29.6 Å². The van der Waals surface area contributed by atoms with Crippen LogP contribution in [0.1, 0.15) is 25.7 Å². The zero-order valence-corrected chi connectivity index (χ0v) is 6.66. The second-order valence-electron chi connectivity index (χ2n) is 5.18. The third-order valence-electron chi connectivity index (χ3n) is 5.30. The summed E-state index contributed by atoms with van der Waals surface area (Å²) < 4.78 is 0. The van der Waals surface area contributed by atoms with E-state index in [0.29, 0.717) is 0 Å². The van der Waals surface area contributed by atoms with Crippen molar-refractivity contribution in [1.29, 1.82) is 0 Å². The topological polar surface area (TPSA) is 20.2 Å². The van der Waals surface area contributed by atoms with Crippen molar-refractivity contribution in [2.45, 2.75) is 31.3 Å². The Hall–Kier alpha value is -0.0400. The lowest BCUT2D eigenvalue weighted by Gasteiger charge is -2.56. The van der Waals surface area contributed by atoms with Crippen LogP contribution in [-0.4, -0.2) is 10.7 Å². The highest BCUT2D eigenvalue weighted by Crippen LogP contribution is 2.76. The largest absolute Gasteiger partial charge is 0.389 e. The lowest BCUT2D eigenvalue weighted by molar-refractivity contribution is -0.194. The van der Waals surface area contributed by atoms with Crippen LogP contribution >= 0.6 is 0 Å². The van der Waals surface area contributed by atoms with E-state index < -0.39 is 0 Å². The molecule has 4 aliphatic carbocycles. The molecule has 1 N–H and O–H groups in total. The first-order valence-corrected chi connectivity index (χ1v) is 5.04. The molecule has 4 fully saturated rings. The van der Waals surface area contributed by atoms with Crippen molar-refractivity contribution in [1.82, 2.24) is 0 Å². The van der Waals surface area contributed by atoms with Crippen molar-refractivity contribution < 1.29 is 5.11 Å². The summed E-state index contributed by atoms with van der Waals surface area (Å²) >= 11 is 0. The molecule has 4 saturated carbocycles. The fourth-order valence-corrected chi connectivity index (χ4v) is 5.11. The number of hydrogen-bond donors (Lipinski definition) is 1. The molecule has 4 rings (SSSR count). The summed E-state index contributed by atoms with van der Waals surface area (Å²) in [6.45, 7) is 0. The molecule has 11 heavy (non-hydrogen) atoms. The van der Waals surface area contributed by atoms with Crippen molar-refractivity contribution in [3.05, 3.63) is 0 Å². The van der Waals surface area contributed by atoms with Crippen molar-refractivity contribution in [3.8, 4) is 0 Å². The summed E-state index contributed by atoms with van der Waals surface area (Å²) in [5.41, 5.74) is -0.117. The highest BCUT2D eigenvalue weighted by molar-refractivity contribution is 5.25. The SMILES string of the molecule is OC12C3CCC1C1CC3CC12. The molecule has 0 aromatic heterocycles. The van der Waals surface area contributed by atoms with E-state index in [1.807, 2.05) is 0 Å². The zero-order valence-electron chi connectivity index (χ0n) is 6.66. The predicted octanol–water partition coefficient (Wildman–Crippen LogP) is 1.41. The number of aliphatic hydroxyl groups is 1. The van der Waals surface area contributed by atoms with Gasteiger partial charge in [0.1, 0.15) is 0 Å². The predicted molar refractivity (Wildman–Crippen MR) is 40.9 cm³/mol. The van der Waals surface area contributed by atoms with Crippen molar-refractivity contribution >= 4 is 0 Å². The van der Waals surface area contributed by atoms with E-state index in [1.54, 1.807) is 0 Å². The smallest absolute Gasteiger partial charge is 0.0740 e. The van der Waals surface area contributed by atoms with E-state index in [-0.39, 0.29) is 5.60 Å². The van der Waals surface area contributed by atoms with Crippen LogP contribution in [0.5, 0.6) is 0 Å². The Morgan fingerprint density at radius 3 is 2.64 bits per heavy atom. The average Bonchev–Trinajstić information content (AvgIpc) is 2.43. The van der Waals surface area contributed by atoms with Crippen LogP contribution in [0.25, 0.3) is 0 Å². The van der Waals surface area contributed by atoms with Gasteiger partial charge in [0.15, 0.2) is 0 Å². The maximum Gasteiger partial charge on any atom is 0.0740 e. The van der Waals surface area contributed by atoms with E-state index in [2.05, 4.69) is 0 Å². The molecule has 6 unspecified atom stereocenters. The van der Waals surface area contributed by atoms with Gasteiger partial charge in [0, 0.05) is 0 Å². The second-order valence-corrected chi connectivity index (χ2v) is 5.18. The monoisotopic (exact) mass is 150 g/mol. The van der Waals surface area contributed by atoms with Gasteiger partial charge in [-0.05, 0) is 55.3 Å². The Morgan fingerprint density at radius 2 is 1.82 bits per heavy atom. The maximum absolute atomic E-state index is 10.4. The molecule has 60 valence electrons. The standard InChI is InChI=1S/C10H14O/c11-10-7-1-2-8(10)6-3-5(7)4-9(6)10/h5-9,11H,1-4H2. The molecule has 0 amide bonds. The summed E-state index contributed by atoms with van der Waals surface area (Å²) in [5, 5.41) is 10.4. The molecule has 0 radical (unpaired) electrons. The summed E-state index contributed by atoms with van der Waals surface area (Å²) in [7, 11) is 0. The Labute approximate surface area is 66.8 Å². The van der Waals surface area contributed by atoms with Gasteiger partial charge in [-0.25, -0.2) is 0 Å². The third-order valence-corrected chi connectivity index (χ3v) is 5.30. The normalized spacial score (nSPS) is 75.5. The molecule has 0 heterocycles. The summed E-state index contributed by atoms with van der Waals surface area (Å²) in [6, 6.07) is 0. The molecule has 1 nitrogen and oxygen atoms in total. The average molecular weight is 150 g/mol. The lowest BCUT2D eigenvalue weighted by atomic mass is 9.53. The van der Waals surface area contributed by atoms with E-state index >= 15 is 0 Å². The summed E-state index contributed by atoms with van der Waals surface area (Å²) in [6.07, 6.45) is 5.54. The van der Waals surface area contributed by atoms with Gasteiger partial charge in [0.25, 0.3) is 0 Å². The molecule has 0 aliphatic heterocycles. The van der Waals surface area contributed by atoms with Gasteiger partial charge < -0.3 is 5.11 Å². The molecule has 4 aliphatic rings. The first-order valence-electron chi connectivity index (χ1n) is 5.04. The Kier molecular flexibility index (Phi) is 0.651. The molecule has 1 heteroatoms. The second kappa shape index (κ2) is 1.28. The molecular formula is C10H14O. The number of fused-ring (bicyclic) bond motifs is 3. The van der Waals surface area contributed by atoms with Crippen molar-refractivity contribution in [2.24, 2.45) is 29.6 Å². The number of rotatable bonds is 0. The minimum atomic E-state index is -0.117.